The van der Waals surface area contributed by atoms with Crippen LogP contribution in [0, 0.1) is 5.92 Å². The molecule has 1 fully saturated rings. The van der Waals surface area contributed by atoms with Crippen LogP contribution < -0.4 is 10.6 Å². The zero-order valence-corrected chi connectivity index (χ0v) is 10.9. The summed E-state index contributed by atoms with van der Waals surface area (Å²) in [6.07, 6.45) is 4.48. The SMILES string of the molecule is CC1CCCCC1NC(=O)NC(=O)CCl.Cl. The molecular formula is C10H18Cl2N2O2. The van der Waals surface area contributed by atoms with Gasteiger partial charge in [-0.2, -0.15) is 0 Å². The number of alkyl halides is 1. The summed E-state index contributed by atoms with van der Waals surface area (Å²) in [5.74, 6) is -0.165. The van der Waals surface area contributed by atoms with Crippen LogP contribution in [0.1, 0.15) is 32.6 Å². The van der Waals surface area contributed by atoms with Crippen LogP contribution in [0.4, 0.5) is 4.79 Å². The smallest absolute Gasteiger partial charge is 0.321 e. The monoisotopic (exact) mass is 268 g/mol. The molecule has 0 saturated heterocycles. The lowest BCUT2D eigenvalue weighted by Crippen LogP contribution is -2.48. The van der Waals surface area contributed by atoms with Crippen molar-refractivity contribution in [3.63, 3.8) is 0 Å². The zero-order valence-electron chi connectivity index (χ0n) is 9.29. The van der Waals surface area contributed by atoms with E-state index in [1.165, 1.54) is 6.42 Å². The van der Waals surface area contributed by atoms with Crippen molar-refractivity contribution in [2.75, 3.05) is 5.88 Å². The summed E-state index contributed by atoms with van der Waals surface area (Å²) < 4.78 is 0. The Hall–Kier alpha value is -0.480. The van der Waals surface area contributed by atoms with Crippen molar-refractivity contribution in [1.29, 1.82) is 0 Å². The molecule has 1 aliphatic carbocycles. The number of rotatable bonds is 2. The van der Waals surface area contributed by atoms with E-state index in [-0.39, 0.29) is 24.3 Å². The largest absolute Gasteiger partial charge is 0.335 e. The molecule has 0 heterocycles. The fraction of sp³-hybridized carbons (Fsp3) is 0.800. The lowest BCUT2D eigenvalue weighted by molar-refractivity contribution is -0.117. The summed E-state index contributed by atoms with van der Waals surface area (Å²) >= 11 is 5.28. The molecule has 0 bridgehead atoms. The van der Waals surface area contributed by atoms with Crippen molar-refractivity contribution in [2.24, 2.45) is 5.92 Å². The highest BCUT2D eigenvalue weighted by molar-refractivity contribution is 6.28. The Kier molecular flexibility index (Phi) is 7.51. The first-order valence-corrected chi connectivity index (χ1v) is 5.83. The first kappa shape index (κ1) is 15.5. The normalized spacial score (nSPS) is 24.1. The maximum Gasteiger partial charge on any atom is 0.321 e. The van der Waals surface area contributed by atoms with Crippen molar-refractivity contribution in [3.8, 4) is 0 Å². The Morgan fingerprint density at radius 1 is 1.31 bits per heavy atom. The molecule has 3 amide bonds. The van der Waals surface area contributed by atoms with E-state index in [2.05, 4.69) is 17.6 Å². The third kappa shape index (κ3) is 5.03. The topological polar surface area (TPSA) is 58.2 Å². The first-order valence-electron chi connectivity index (χ1n) is 5.29. The quantitative estimate of drug-likeness (QED) is 0.754. The van der Waals surface area contributed by atoms with Crippen LogP contribution in [0.15, 0.2) is 0 Å². The van der Waals surface area contributed by atoms with Crippen molar-refractivity contribution in [2.45, 2.75) is 38.6 Å². The van der Waals surface area contributed by atoms with Gasteiger partial charge >= 0.3 is 6.03 Å². The number of urea groups is 1. The van der Waals surface area contributed by atoms with E-state index in [1.54, 1.807) is 0 Å². The molecule has 4 nitrogen and oxygen atoms in total. The zero-order chi connectivity index (χ0) is 11.3. The predicted molar refractivity (Wildman–Crippen MR) is 66.1 cm³/mol. The summed E-state index contributed by atoms with van der Waals surface area (Å²) in [5, 5.41) is 4.98. The number of amides is 3. The standard InChI is InChI=1S/C10H17ClN2O2.ClH/c1-7-4-2-3-5-8(7)12-10(15)13-9(14)6-11;/h7-8H,2-6H2,1H3,(H2,12,13,14,15);1H. The van der Waals surface area contributed by atoms with Crippen LogP contribution in [0.5, 0.6) is 0 Å². The van der Waals surface area contributed by atoms with Crippen LogP contribution in [-0.2, 0) is 4.79 Å². The van der Waals surface area contributed by atoms with E-state index < -0.39 is 11.9 Å². The molecule has 0 aromatic carbocycles. The Balaban J connectivity index is 0.00000225. The molecule has 1 rings (SSSR count). The molecule has 0 aliphatic heterocycles. The second kappa shape index (κ2) is 7.74. The van der Waals surface area contributed by atoms with Crippen LogP contribution in [0.25, 0.3) is 0 Å². The summed E-state index contributed by atoms with van der Waals surface area (Å²) in [5.41, 5.74) is 0. The average Bonchev–Trinajstić information content (AvgIpc) is 2.21. The van der Waals surface area contributed by atoms with Crippen LogP contribution in [0.3, 0.4) is 0 Å². The van der Waals surface area contributed by atoms with Crippen molar-refractivity contribution < 1.29 is 9.59 Å². The molecule has 2 N–H and O–H groups in total. The number of hydrogen-bond acceptors (Lipinski definition) is 2. The number of hydrogen-bond donors (Lipinski definition) is 2. The van der Waals surface area contributed by atoms with Gasteiger partial charge in [-0.3, -0.25) is 10.1 Å². The highest BCUT2D eigenvalue weighted by atomic mass is 35.5. The highest BCUT2D eigenvalue weighted by Gasteiger charge is 2.23. The third-order valence-electron chi connectivity index (χ3n) is 2.80. The van der Waals surface area contributed by atoms with Crippen molar-refractivity contribution >= 4 is 35.9 Å². The Morgan fingerprint density at radius 2 is 1.94 bits per heavy atom. The Labute approximate surface area is 107 Å². The van der Waals surface area contributed by atoms with Crippen molar-refractivity contribution in [1.82, 2.24) is 10.6 Å². The third-order valence-corrected chi connectivity index (χ3v) is 3.05. The number of carbonyl (C=O) groups is 2. The predicted octanol–water partition coefficient (Wildman–Crippen LogP) is 2.05. The maximum absolute atomic E-state index is 11.3. The van der Waals surface area contributed by atoms with Crippen LogP contribution in [-0.4, -0.2) is 23.9 Å². The van der Waals surface area contributed by atoms with Gasteiger partial charge in [-0.25, -0.2) is 4.79 Å². The van der Waals surface area contributed by atoms with Gasteiger partial charge in [0.05, 0.1) is 0 Å². The molecule has 94 valence electrons. The fourth-order valence-corrected chi connectivity index (χ4v) is 1.96. The maximum atomic E-state index is 11.3. The lowest BCUT2D eigenvalue weighted by atomic mass is 9.86. The van der Waals surface area contributed by atoms with Gasteiger partial charge in [-0.1, -0.05) is 19.8 Å². The summed E-state index contributed by atoms with van der Waals surface area (Å²) in [6.45, 7) is 2.12. The number of halogens is 2. The van der Waals surface area contributed by atoms with Crippen molar-refractivity contribution in [3.05, 3.63) is 0 Å². The average molecular weight is 269 g/mol. The molecule has 0 aromatic heterocycles. The number of carbonyl (C=O) groups excluding carboxylic acids is 2. The van der Waals surface area contributed by atoms with E-state index in [9.17, 15) is 9.59 Å². The summed E-state index contributed by atoms with van der Waals surface area (Å²) in [6, 6.07) is -0.249. The summed E-state index contributed by atoms with van der Waals surface area (Å²) in [4.78, 5) is 22.2. The molecule has 0 spiro atoms. The summed E-state index contributed by atoms with van der Waals surface area (Å²) in [7, 11) is 0. The van der Waals surface area contributed by atoms with Gasteiger partial charge in [-0.05, 0) is 18.8 Å². The van der Waals surface area contributed by atoms with E-state index in [0.29, 0.717) is 5.92 Å². The number of nitrogens with one attached hydrogen (secondary N) is 2. The Morgan fingerprint density at radius 3 is 2.50 bits per heavy atom. The van der Waals surface area contributed by atoms with Crippen LogP contribution >= 0.6 is 24.0 Å². The Bertz CT molecular complexity index is 249. The second-order valence-electron chi connectivity index (χ2n) is 4.02. The second-order valence-corrected chi connectivity index (χ2v) is 4.29. The lowest BCUT2D eigenvalue weighted by Gasteiger charge is -2.29. The molecule has 2 atom stereocenters. The molecule has 6 heteroatoms. The highest BCUT2D eigenvalue weighted by Crippen LogP contribution is 2.23. The van der Waals surface area contributed by atoms with Gasteiger partial charge in [-0.15, -0.1) is 24.0 Å². The molecule has 16 heavy (non-hydrogen) atoms. The van der Waals surface area contributed by atoms with Gasteiger partial charge in [0.2, 0.25) is 5.91 Å². The number of imide groups is 1. The van der Waals surface area contributed by atoms with E-state index >= 15 is 0 Å². The molecule has 1 saturated carbocycles. The molecule has 0 aromatic rings. The minimum absolute atomic E-state index is 0. The van der Waals surface area contributed by atoms with Gasteiger partial charge < -0.3 is 5.32 Å². The molecule has 2 unspecified atom stereocenters. The fourth-order valence-electron chi connectivity index (χ4n) is 1.90. The minimum atomic E-state index is -0.461. The molecular weight excluding hydrogens is 251 g/mol. The first-order chi connectivity index (χ1) is 7.13. The molecule has 1 aliphatic rings. The van der Waals surface area contributed by atoms with E-state index in [1.807, 2.05) is 0 Å². The van der Waals surface area contributed by atoms with Gasteiger partial charge in [0.15, 0.2) is 0 Å². The van der Waals surface area contributed by atoms with Gasteiger partial charge in [0.1, 0.15) is 5.88 Å². The van der Waals surface area contributed by atoms with Crippen LogP contribution in [0.2, 0.25) is 0 Å². The van der Waals surface area contributed by atoms with Gasteiger partial charge in [0.25, 0.3) is 0 Å². The van der Waals surface area contributed by atoms with E-state index in [4.69, 9.17) is 11.6 Å². The van der Waals surface area contributed by atoms with Gasteiger partial charge in [0, 0.05) is 6.04 Å². The molecule has 0 radical (unpaired) electrons. The minimum Gasteiger partial charge on any atom is -0.335 e. The van der Waals surface area contributed by atoms with E-state index in [0.717, 1.165) is 19.3 Å².